The number of carbonyl (C=O) groups excluding carboxylic acids is 1. The van der Waals surface area contributed by atoms with Crippen LogP contribution in [0.3, 0.4) is 0 Å². The highest BCUT2D eigenvalue weighted by molar-refractivity contribution is 5.77. The molecule has 0 aromatic heterocycles. The maximum atomic E-state index is 12.1. The standard InChI is InChI=1S/C21H36N4O3/c1-22(2)19(26)14-24-8-3-4-18(24)16-5-9-23(10-6-16)17-12-21(13-17)7-11-25(15-21)20(27)28/h16-18H,3-15H2,1-2H3,(H,27,28)/t17?,18-,21?/m0/s1. The molecule has 0 unspecified atom stereocenters. The number of rotatable bonds is 4. The highest BCUT2D eigenvalue weighted by Gasteiger charge is 2.51. The van der Waals surface area contributed by atoms with Crippen molar-refractivity contribution in [2.75, 3.05) is 53.4 Å². The highest BCUT2D eigenvalue weighted by atomic mass is 16.4. The van der Waals surface area contributed by atoms with Crippen molar-refractivity contribution in [2.24, 2.45) is 11.3 Å². The van der Waals surface area contributed by atoms with Gasteiger partial charge in [-0.15, -0.1) is 0 Å². The van der Waals surface area contributed by atoms with Crippen molar-refractivity contribution in [1.82, 2.24) is 19.6 Å². The van der Waals surface area contributed by atoms with Crippen LogP contribution in [0, 0.1) is 11.3 Å². The van der Waals surface area contributed by atoms with Crippen LogP contribution in [0.4, 0.5) is 4.79 Å². The SMILES string of the molecule is CN(C)C(=O)CN1CCC[C@H]1C1CCN(C2CC3(CCN(C(=O)O)C3)C2)CC1. The number of piperidine rings is 1. The Kier molecular flexibility index (Phi) is 5.58. The number of likely N-dealkylation sites (N-methyl/N-ethyl adjacent to an activating group) is 1. The lowest BCUT2D eigenvalue weighted by molar-refractivity contribution is -0.130. The smallest absolute Gasteiger partial charge is 0.407 e. The van der Waals surface area contributed by atoms with E-state index in [1.807, 2.05) is 14.1 Å². The van der Waals surface area contributed by atoms with E-state index < -0.39 is 6.09 Å². The van der Waals surface area contributed by atoms with Crippen LogP contribution in [0.5, 0.6) is 0 Å². The molecule has 1 aliphatic carbocycles. The molecule has 1 N–H and O–H groups in total. The summed E-state index contributed by atoms with van der Waals surface area (Å²) >= 11 is 0. The summed E-state index contributed by atoms with van der Waals surface area (Å²) in [5.41, 5.74) is 0.273. The van der Waals surface area contributed by atoms with Crippen molar-refractivity contribution < 1.29 is 14.7 Å². The fraction of sp³-hybridized carbons (Fsp3) is 0.905. The fourth-order valence-electron chi connectivity index (χ4n) is 6.20. The molecule has 1 atom stereocenters. The molecule has 158 valence electrons. The molecular formula is C21H36N4O3. The first-order valence-electron chi connectivity index (χ1n) is 11.0. The molecule has 3 heterocycles. The third kappa shape index (κ3) is 3.88. The van der Waals surface area contributed by atoms with Crippen LogP contribution in [-0.4, -0.2) is 102 Å². The van der Waals surface area contributed by atoms with Crippen LogP contribution < -0.4 is 0 Å². The molecule has 3 aliphatic heterocycles. The third-order valence-electron chi connectivity index (χ3n) is 7.93. The maximum absolute atomic E-state index is 12.1. The topological polar surface area (TPSA) is 67.3 Å². The molecule has 1 spiro atoms. The van der Waals surface area contributed by atoms with Crippen LogP contribution in [0.1, 0.15) is 44.9 Å². The minimum atomic E-state index is -0.755. The van der Waals surface area contributed by atoms with E-state index in [0.717, 1.165) is 25.4 Å². The van der Waals surface area contributed by atoms with E-state index in [2.05, 4.69) is 9.80 Å². The summed E-state index contributed by atoms with van der Waals surface area (Å²) in [6.45, 7) is 5.43. The number of hydrogen-bond acceptors (Lipinski definition) is 4. The lowest BCUT2D eigenvalue weighted by Crippen LogP contribution is -2.55. The summed E-state index contributed by atoms with van der Waals surface area (Å²) in [6.07, 6.45) is 7.57. The van der Waals surface area contributed by atoms with Gasteiger partial charge < -0.3 is 19.8 Å². The van der Waals surface area contributed by atoms with Gasteiger partial charge in [0.25, 0.3) is 0 Å². The summed E-state index contributed by atoms with van der Waals surface area (Å²) in [6, 6.07) is 1.24. The van der Waals surface area contributed by atoms with Gasteiger partial charge in [0.15, 0.2) is 0 Å². The van der Waals surface area contributed by atoms with Gasteiger partial charge in [-0.1, -0.05) is 0 Å². The van der Waals surface area contributed by atoms with Crippen molar-refractivity contribution in [3.8, 4) is 0 Å². The second-order valence-electron chi connectivity index (χ2n) is 9.86. The van der Waals surface area contributed by atoms with E-state index in [0.29, 0.717) is 25.2 Å². The minimum absolute atomic E-state index is 0.219. The molecule has 28 heavy (non-hydrogen) atoms. The zero-order valence-electron chi connectivity index (χ0n) is 17.5. The van der Waals surface area contributed by atoms with E-state index in [-0.39, 0.29) is 11.3 Å². The monoisotopic (exact) mass is 392 g/mol. The van der Waals surface area contributed by atoms with Gasteiger partial charge in [-0.3, -0.25) is 9.69 Å². The van der Waals surface area contributed by atoms with Crippen LogP contribution in [0.25, 0.3) is 0 Å². The molecule has 1 saturated carbocycles. The Balaban J connectivity index is 1.23. The maximum Gasteiger partial charge on any atom is 0.407 e. The Morgan fingerprint density at radius 2 is 1.79 bits per heavy atom. The number of amides is 2. The average Bonchev–Trinajstić information content (AvgIpc) is 3.28. The van der Waals surface area contributed by atoms with Gasteiger partial charge in [0.05, 0.1) is 6.54 Å². The lowest BCUT2D eigenvalue weighted by atomic mass is 9.64. The van der Waals surface area contributed by atoms with Gasteiger partial charge in [-0.25, -0.2) is 4.79 Å². The van der Waals surface area contributed by atoms with E-state index in [1.165, 1.54) is 51.6 Å². The Bertz CT molecular complexity index is 596. The zero-order valence-corrected chi connectivity index (χ0v) is 17.5. The Labute approximate surface area is 168 Å². The largest absolute Gasteiger partial charge is 0.465 e. The zero-order chi connectivity index (χ0) is 19.9. The summed E-state index contributed by atoms with van der Waals surface area (Å²) < 4.78 is 0. The molecule has 0 aromatic carbocycles. The summed E-state index contributed by atoms with van der Waals surface area (Å²) in [4.78, 5) is 31.7. The third-order valence-corrected chi connectivity index (χ3v) is 7.93. The van der Waals surface area contributed by atoms with Crippen molar-refractivity contribution in [3.63, 3.8) is 0 Å². The van der Waals surface area contributed by atoms with E-state index in [1.54, 1.807) is 9.80 Å². The first kappa shape index (κ1) is 20.0. The van der Waals surface area contributed by atoms with Crippen LogP contribution >= 0.6 is 0 Å². The first-order chi connectivity index (χ1) is 13.4. The summed E-state index contributed by atoms with van der Waals surface area (Å²) in [5, 5.41) is 9.21. The van der Waals surface area contributed by atoms with Crippen LogP contribution in [-0.2, 0) is 4.79 Å². The number of carbonyl (C=O) groups is 2. The van der Waals surface area contributed by atoms with Crippen molar-refractivity contribution in [3.05, 3.63) is 0 Å². The van der Waals surface area contributed by atoms with E-state index in [9.17, 15) is 14.7 Å². The molecule has 0 bridgehead atoms. The first-order valence-corrected chi connectivity index (χ1v) is 11.0. The Morgan fingerprint density at radius 1 is 1.07 bits per heavy atom. The number of carboxylic acid groups (broad SMARTS) is 1. The van der Waals surface area contributed by atoms with Crippen molar-refractivity contribution in [1.29, 1.82) is 0 Å². The molecule has 7 heteroatoms. The number of hydrogen-bond donors (Lipinski definition) is 1. The van der Waals surface area contributed by atoms with Crippen molar-refractivity contribution in [2.45, 2.75) is 57.0 Å². The molecule has 4 fully saturated rings. The van der Waals surface area contributed by atoms with Gasteiger partial charge in [0, 0.05) is 39.3 Å². The summed E-state index contributed by atoms with van der Waals surface area (Å²) in [5.74, 6) is 0.938. The Hall–Kier alpha value is -1.34. The molecule has 0 radical (unpaired) electrons. The fourth-order valence-corrected chi connectivity index (χ4v) is 6.20. The molecule has 2 amide bonds. The lowest BCUT2D eigenvalue weighted by Gasteiger charge is -2.52. The minimum Gasteiger partial charge on any atom is -0.465 e. The second-order valence-corrected chi connectivity index (χ2v) is 9.86. The van der Waals surface area contributed by atoms with Crippen molar-refractivity contribution >= 4 is 12.0 Å². The van der Waals surface area contributed by atoms with Crippen LogP contribution in [0.15, 0.2) is 0 Å². The van der Waals surface area contributed by atoms with Gasteiger partial charge in [-0.2, -0.15) is 0 Å². The number of likely N-dealkylation sites (tertiary alicyclic amines) is 3. The van der Waals surface area contributed by atoms with Gasteiger partial charge in [-0.05, 0) is 75.9 Å². The molecule has 3 saturated heterocycles. The normalized spacial score (nSPS) is 34.7. The van der Waals surface area contributed by atoms with Crippen LogP contribution in [0.2, 0.25) is 0 Å². The van der Waals surface area contributed by atoms with E-state index >= 15 is 0 Å². The summed E-state index contributed by atoms with van der Waals surface area (Å²) in [7, 11) is 3.69. The van der Waals surface area contributed by atoms with Gasteiger partial charge >= 0.3 is 6.09 Å². The molecule has 0 aromatic rings. The quantitative estimate of drug-likeness (QED) is 0.790. The average molecular weight is 393 g/mol. The predicted octanol–water partition coefficient (Wildman–Crippen LogP) is 1.78. The molecule has 7 nitrogen and oxygen atoms in total. The molecule has 4 rings (SSSR count). The predicted molar refractivity (Wildman–Crippen MR) is 107 cm³/mol. The molecular weight excluding hydrogens is 356 g/mol. The number of nitrogens with zero attached hydrogens (tertiary/aromatic N) is 4. The van der Waals surface area contributed by atoms with Gasteiger partial charge in [0.2, 0.25) is 5.91 Å². The van der Waals surface area contributed by atoms with Gasteiger partial charge in [0.1, 0.15) is 0 Å². The Morgan fingerprint density at radius 3 is 2.39 bits per heavy atom. The second kappa shape index (κ2) is 7.82. The van der Waals surface area contributed by atoms with E-state index in [4.69, 9.17) is 0 Å². The molecule has 4 aliphatic rings. The highest BCUT2D eigenvalue weighted by Crippen LogP contribution is 2.50.